The van der Waals surface area contributed by atoms with Crippen molar-refractivity contribution in [2.75, 3.05) is 27.7 Å². The molecule has 1 nitrogen and oxygen atoms in total. The third-order valence-electron chi connectivity index (χ3n) is 4.18. The summed E-state index contributed by atoms with van der Waals surface area (Å²) in [6, 6.07) is 0. The van der Waals surface area contributed by atoms with Crippen LogP contribution in [0.5, 0.6) is 0 Å². The molecule has 0 saturated heterocycles. The second-order valence-corrected chi connectivity index (χ2v) is 7.61. The van der Waals surface area contributed by atoms with E-state index in [1.165, 1.54) is 96.4 Å². The molecule has 0 amide bonds. The van der Waals surface area contributed by atoms with Gasteiger partial charge in [0.1, 0.15) is 0 Å². The van der Waals surface area contributed by atoms with Crippen LogP contribution in [0.25, 0.3) is 0 Å². The summed E-state index contributed by atoms with van der Waals surface area (Å²) in [5, 5.41) is 0. The average Bonchev–Trinajstić information content (AvgIpc) is 2.38. The summed E-state index contributed by atoms with van der Waals surface area (Å²) in [5.41, 5.74) is 0. The quantitative estimate of drug-likeness (QED) is 0.291. The van der Waals surface area contributed by atoms with Gasteiger partial charge >= 0.3 is 0 Å². The predicted molar refractivity (Wildman–Crippen MR) is 100 cm³/mol. The van der Waals surface area contributed by atoms with Gasteiger partial charge in [-0.05, 0) is 12.8 Å². The molecule has 0 saturated carbocycles. The fourth-order valence-corrected chi connectivity index (χ4v) is 2.78. The molecule has 0 unspecified atom stereocenters. The highest BCUT2D eigenvalue weighted by atomic mass is 79.9. The summed E-state index contributed by atoms with van der Waals surface area (Å²) < 4.78 is 1.12. The molecule has 0 aliphatic carbocycles. The van der Waals surface area contributed by atoms with Gasteiger partial charge in [0.05, 0.1) is 27.7 Å². The molecule has 0 fully saturated rings. The van der Waals surface area contributed by atoms with Crippen LogP contribution in [0.4, 0.5) is 0 Å². The average molecular weight is 401 g/mol. The number of unbranched alkanes of at least 4 members (excludes halogenated alkanes) is 13. The van der Waals surface area contributed by atoms with Crippen molar-refractivity contribution in [1.82, 2.24) is 0 Å². The van der Waals surface area contributed by atoms with Crippen molar-refractivity contribution in [3.05, 3.63) is 0 Å². The van der Waals surface area contributed by atoms with Crippen LogP contribution in [-0.4, -0.2) is 32.2 Å². The first kappa shape index (κ1) is 27.6. The second kappa shape index (κ2) is 19.8. The van der Waals surface area contributed by atoms with Crippen molar-refractivity contribution in [2.45, 2.75) is 96.8 Å². The molecule has 0 aromatic carbocycles. The lowest BCUT2D eigenvalue weighted by atomic mass is 10.0. The molecule has 22 heavy (non-hydrogen) atoms. The van der Waals surface area contributed by atoms with Gasteiger partial charge in [0.2, 0.25) is 0 Å². The molecule has 0 aliphatic rings. The van der Waals surface area contributed by atoms with Gasteiger partial charge in [-0.1, -0.05) is 84.0 Å². The van der Waals surface area contributed by atoms with E-state index >= 15 is 0 Å². The standard InChI is InChI=1S/C19H42N.BrH.ClH/c1-5-6-7-8-9-10-11-12-13-14-15-16-17-18-19-20(2,3)4;;/h5-19H2,1-4H3;2*1H/q+1;;/p-1. The first-order chi connectivity index (χ1) is 9.56. The monoisotopic (exact) mass is 399 g/mol. The fourth-order valence-electron chi connectivity index (χ4n) is 2.78. The van der Waals surface area contributed by atoms with E-state index in [4.69, 9.17) is 0 Å². The Bertz CT molecular complexity index is 192. The zero-order chi connectivity index (χ0) is 15.1. The van der Waals surface area contributed by atoms with E-state index in [1.54, 1.807) is 0 Å². The number of halogens is 2. The van der Waals surface area contributed by atoms with E-state index in [-0.39, 0.29) is 29.4 Å². The third kappa shape index (κ3) is 25.7. The SMILES string of the molecule is CCCCCCCCCCCCCCCC[N+](C)(C)C.Cl.[Br-]. The summed E-state index contributed by atoms with van der Waals surface area (Å²) in [6.07, 6.45) is 20.4. The fraction of sp³-hybridized carbons (Fsp3) is 1.00. The molecule has 0 rings (SSSR count). The lowest BCUT2D eigenvalue weighted by Crippen LogP contribution is -3.00. The van der Waals surface area contributed by atoms with Gasteiger partial charge in [-0.2, -0.15) is 0 Å². The lowest BCUT2D eigenvalue weighted by Gasteiger charge is -2.23. The molecule has 0 aromatic heterocycles. The third-order valence-corrected chi connectivity index (χ3v) is 4.18. The van der Waals surface area contributed by atoms with Crippen molar-refractivity contribution >= 4 is 12.4 Å². The molecule has 0 spiro atoms. The van der Waals surface area contributed by atoms with Crippen molar-refractivity contribution < 1.29 is 21.5 Å². The van der Waals surface area contributed by atoms with Crippen LogP contribution in [0.15, 0.2) is 0 Å². The highest BCUT2D eigenvalue weighted by molar-refractivity contribution is 5.85. The number of nitrogens with zero attached hydrogens (tertiary/aromatic N) is 1. The molecule has 0 aromatic rings. The first-order valence-corrected chi connectivity index (χ1v) is 9.36. The minimum Gasteiger partial charge on any atom is -1.00 e. The van der Waals surface area contributed by atoms with Crippen LogP contribution in [0.2, 0.25) is 0 Å². The molecule has 0 radical (unpaired) electrons. The molecular formula is C19H43BrClN. The lowest BCUT2D eigenvalue weighted by molar-refractivity contribution is -0.870. The van der Waals surface area contributed by atoms with Gasteiger partial charge in [0.15, 0.2) is 0 Å². The zero-order valence-electron chi connectivity index (χ0n) is 15.8. The molecule has 0 atom stereocenters. The van der Waals surface area contributed by atoms with Gasteiger partial charge in [-0.15, -0.1) is 12.4 Å². The maximum Gasteiger partial charge on any atom is 0.0780 e. The molecule has 0 heterocycles. The van der Waals surface area contributed by atoms with E-state index < -0.39 is 0 Å². The molecular weight excluding hydrogens is 358 g/mol. The molecule has 0 N–H and O–H groups in total. The second-order valence-electron chi connectivity index (χ2n) is 7.61. The Balaban J connectivity index is -0.00000180. The summed E-state index contributed by atoms with van der Waals surface area (Å²) in [6.45, 7) is 3.63. The Morgan fingerprint density at radius 3 is 1.05 bits per heavy atom. The number of hydrogen-bond donors (Lipinski definition) is 0. The van der Waals surface area contributed by atoms with Gasteiger partial charge in [0.25, 0.3) is 0 Å². The van der Waals surface area contributed by atoms with Crippen LogP contribution in [0.1, 0.15) is 96.8 Å². The van der Waals surface area contributed by atoms with E-state index in [1.807, 2.05) is 0 Å². The highest BCUT2D eigenvalue weighted by Gasteiger charge is 2.04. The summed E-state index contributed by atoms with van der Waals surface area (Å²) in [5.74, 6) is 0. The summed E-state index contributed by atoms with van der Waals surface area (Å²) >= 11 is 0. The van der Waals surface area contributed by atoms with Crippen LogP contribution in [-0.2, 0) is 0 Å². The number of quaternary nitrogens is 1. The molecule has 0 aliphatic heterocycles. The Kier molecular flexibility index (Phi) is 24.8. The van der Waals surface area contributed by atoms with Gasteiger partial charge in [-0.25, -0.2) is 0 Å². The van der Waals surface area contributed by atoms with Crippen LogP contribution in [0, 0.1) is 0 Å². The Hall–Kier alpha value is 0.730. The normalized spacial score (nSPS) is 10.9. The van der Waals surface area contributed by atoms with Crippen LogP contribution in [0.3, 0.4) is 0 Å². The first-order valence-electron chi connectivity index (χ1n) is 9.36. The highest BCUT2D eigenvalue weighted by Crippen LogP contribution is 2.13. The van der Waals surface area contributed by atoms with Gasteiger partial charge in [0, 0.05) is 0 Å². The molecule has 0 bridgehead atoms. The van der Waals surface area contributed by atoms with Crippen LogP contribution < -0.4 is 17.0 Å². The Morgan fingerprint density at radius 2 is 0.773 bits per heavy atom. The summed E-state index contributed by atoms with van der Waals surface area (Å²) in [7, 11) is 6.88. The number of hydrogen-bond acceptors (Lipinski definition) is 0. The van der Waals surface area contributed by atoms with Gasteiger partial charge < -0.3 is 21.5 Å². The van der Waals surface area contributed by atoms with E-state index in [0.29, 0.717) is 0 Å². The minimum absolute atomic E-state index is 0. The number of rotatable bonds is 15. The predicted octanol–water partition coefficient (Wildman–Crippen LogP) is 3.60. The Labute approximate surface area is 158 Å². The van der Waals surface area contributed by atoms with Crippen LogP contribution >= 0.6 is 12.4 Å². The van der Waals surface area contributed by atoms with Gasteiger partial charge in [-0.3, -0.25) is 0 Å². The zero-order valence-corrected chi connectivity index (χ0v) is 18.2. The van der Waals surface area contributed by atoms with Crippen molar-refractivity contribution in [1.29, 1.82) is 0 Å². The van der Waals surface area contributed by atoms with E-state index in [2.05, 4.69) is 28.1 Å². The van der Waals surface area contributed by atoms with Crippen molar-refractivity contribution in [3.63, 3.8) is 0 Å². The molecule has 138 valence electrons. The maximum atomic E-state index is 2.29. The summed E-state index contributed by atoms with van der Waals surface area (Å²) in [4.78, 5) is 0. The van der Waals surface area contributed by atoms with E-state index in [9.17, 15) is 0 Å². The molecule has 3 heteroatoms. The largest absolute Gasteiger partial charge is 1.00 e. The minimum atomic E-state index is 0. The van der Waals surface area contributed by atoms with Crippen molar-refractivity contribution in [2.24, 2.45) is 0 Å². The topological polar surface area (TPSA) is 0 Å². The van der Waals surface area contributed by atoms with Crippen molar-refractivity contribution in [3.8, 4) is 0 Å². The van der Waals surface area contributed by atoms with E-state index in [0.717, 1.165) is 4.48 Å². The smallest absolute Gasteiger partial charge is 0.0780 e. The maximum absolute atomic E-state index is 2.29. The Morgan fingerprint density at radius 1 is 0.500 bits per heavy atom.